The standard InChI is InChI=1S/C27H25N7O3/c1-37-17-5-8-22(35)33-15-4-6-20(33)26-32-23(24-25(28)30-14-16-34(24)26)18-9-11-19(12-10-18)27(36)31-21-7-2-3-13-29-21/h2-3,7,9-14,16,20H,4,6,15,17H2,1H3,(H2,28,30)(H,29,31,36). The van der Waals surface area contributed by atoms with Crippen molar-refractivity contribution in [1.29, 1.82) is 0 Å². The number of nitrogens with one attached hydrogen (secondary N) is 1. The van der Waals surface area contributed by atoms with Gasteiger partial charge in [-0.05, 0) is 43.0 Å². The minimum atomic E-state index is -0.267. The van der Waals surface area contributed by atoms with Crippen LogP contribution in [0.25, 0.3) is 16.8 Å². The first-order valence-electron chi connectivity index (χ1n) is 11.8. The second kappa shape index (κ2) is 10.5. The molecule has 1 fully saturated rings. The molecule has 10 nitrogen and oxygen atoms in total. The van der Waals surface area contributed by atoms with Crippen LogP contribution >= 0.6 is 0 Å². The van der Waals surface area contributed by atoms with E-state index in [9.17, 15) is 9.59 Å². The van der Waals surface area contributed by atoms with Crippen molar-refractivity contribution in [3.05, 3.63) is 72.4 Å². The lowest BCUT2D eigenvalue weighted by Gasteiger charge is -2.21. The van der Waals surface area contributed by atoms with Crippen LogP contribution in [-0.2, 0) is 9.53 Å². The van der Waals surface area contributed by atoms with E-state index < -0.39 is 0 Å². The largest absolute Gasteiger partial charge is 0.382 e. The van der Waals surface area contributed by atoms with Crippen molar-refractivity contribution >= 4 is 29.0 Å². The van der Waals surface area contributed by atoms with Gasteiger partial charge in [0, 0.05) is 43.4 Å². The van der Waals surface area contributed by atoms with Gasteiger partial charge in [0.1, 0.15) is 35.3 Å². The Morgan fingerprint density at radius 3 is 2.76 bits per heavy atom. The average Bonchev–Trinajstić information content (AvgIpc) is 3.55. The molecule has 5 rings (SSSR count). The number of hydrogen-bond acceptors (Lipinski definition) is 7. The summed E-state index contributed by atoms with van der Waals surface area (Å²) in [6, 6.07) is 12.1. The number of imidazole rings is 1. The minimum Gasteiger partial charge on any atom is -0.382 e. The van der Waals surface area contributed by atoms with Crippen LogP contribution in [0.3, 0.4) is 0 Å². The van der Waals surface area contributed by atoms with E-state index in [1.54, 1.807) is 53.8 Å². The highest BCUT2D eigenvalue weighted by Crippen LogP contribution is 2.36. The molecular weight excluding hydrogens is 470 g/mol. The summed E-state index contributed by atoms with van der Waals surface area (Å²) < 4.78 is 6.82. The van der Waals surface area contributed by atoms with Gasteiger partial charge in [-0.25, -0.2) is 15.0 Å². The zero-order chi connectivity index (χ0) is 25.8. The third-order valence-electron chi connectivity index (χ3n) is 6.16. The predicted octanol–water partition coefficient (Wildman–Crippen LogP) is 2.94. The summed E-state index contributed by atoms with van der Waals surface area (Å²) in [5, 5.41) is 2.77. The molecule has 1 unspecified atom stereocenters. The number of carbonyl (C=O) groups excluding carboxylic acids is 2. The van der Waals surface area contributed by atoms with Crippen molar-refractivity contribution in [2.75, 3.05) is 31.3 Å². The van der Waals surface area contributed by atoms with Crippen LogP contribution in [0, 0.1) is 11.8 Å². The van der Waals surface area contributed by atoms with E-state index in [4.69, 9.17) is 15.5 Å². The number of pyridine rings is 1. The van der Waals surface area contributed by atoms with Crippen LogP contribution in [0.2, 0.25) is 0 Å². The van der Waals surface area contributed by atoms with Gasteiger partial charge in [-0.1, -0.05) is 24.1 Å². The summed E-state index contributed by atoms with van der Waals surface area (Å²) in [6.07, 6.45) is 6.62. The molecule has 1 aliphatic rings. The Balaban J connectivity index is 1.48. The van der Waals surface area contributed by atoms with Crippen molar-refractivity contribution < 1.29 is 14.3 Å². The third kappa shape index (κ3) is 4.85. The molecule has 10 heteroatoms. The first kappa shape index (κ1) is 24.0. The fraction of sp³-hybridized carbons (Fsp3) is 0.222. The number of aromatic nitrogens is 4. The third-order valence-corrected chi connectivity index (χ3v) is 6.16. The number of anilines is 2. The quantitative estimate of drug-likeness (QED) is 0.408. The number of benzene rings is 1. The second-order valence-corrected chi connectivity index (χ2v) is 8.49. The monoisotopic (exact) mass is 495 g/mol. The summed E-state index contributed by atoms with van der Waals surface area (Å²) in [5.41, 5.74) is 8.81. The summed E-state index contributed by atoms with van der Waals surface area (Å²) >= 11 is 0. The Morgan fingerprint density at radius 2 is 2.00 bits per heavy atom. The van der Waals surface area contributed by atoms with Gasteiger partial charge in [-0.15, -0.1) is 0 Å². The molecule has 2 amide bonds. The normalized spacial score (nSPS) is 14.8. The second-order valence-electron chi connectivity index (χ2n) is 8.49. The van der Waals surface area contributed by atoms with Gasteiger partial charge < -0.3 is 20.7 Å². The summed E-state index contributed by atoms with van der Waals surface area (Å²) in [7, 11) is 1.54. The molecule has 186 valence electrons. The molecule has 3 aromatic heterocycles. The molecule has 1 atom stereocenters. The maximum absolute atomic E-state index is 12.8. The number of fused-ring (bicyclic) bond motifs is 1. The number of hydrogen-bond donors (Lipinski definition) is 2. The molecule has 1 aromatic carbocycles. The zero-order valence-electron chi connectivity index (χ0n) is 20.2. The van der Waals surface area contributed by atoms with E-state index in [1.807, 2.05) is 16.5 Å². The lowest BCUT2D eigenvalue weighted by Crippen LogP contribution is -2.30. The van der Waals surface area contributed by atoms with Crippen molar-refractivity contribution in [2.45, 2.75) is 18.9 Å². The number of nitrogen functional groups attached to an aromatic ring is 1. The molecule has 1 aliphatic heterocycles. The first-order valence-corrected chi connectivity index (χ1v) is 11.8. The Labute approximate surface area is 213 Å². The van der Waals surface area contributed by atoms with E-state index in [0.29, 0.717) is 40.8 Å². The summed E-state index contributed by atoms with van der Waals surface area (Å²) in [5.74, 6) is 6.35. The van der Waals surface area contributed by atoms with Gasteiger partial charge in [-0.3, -0.25) is 14.0 Å². The predicted molar refractivity (Wildman–Crippen MR) is 138 cm³/mol. The highest BCUT2D eigenvalue weighted by atomic mass is 16.5. The number of likely N-dealkylation sites (tertiary alicyclic amines) is 1. The van der Waals surface area contributed by atoms with Gasteiger partial charge in [0.05, 0.1) is 6.04 Å². The van der Waals surface area contributed by atoms with Crippen LogP contribution in [0.15, 0.2) is 61.1 Å². The minimum absolute atomic E-state index is 0.193. The number of nitrogens with two attached hydrogens (primary N) is 1. The fourth-order valence-corrected chi connectivity index (χ4v) is 4.46. The molecule has 3 N–H and O–H groups in total. The van der Waals surface area contributed by atoms with Gasteiger partial charge in [0.25, 0.3) is 11.8 Å². The molecule has 1 saturated heterocycles. The van der Waals surface area contributed by atoms with Crippen LogP contribution in [0.4, 0.5) is 11.6 Å². The molecule has 0 bridgehead atoms. The fourth-order valence-electron chi connectivity index (χ4n) is 4.46. The molecule has 0 radical (unpaired) electrons. The van der Waals surface area contributed by atoms with Crippen molar-refractivity contribution in [3.63, 3.8) is 0 Å². The molecule has 4 heterocycles. The van der Waals surface area contributed by atoms with Gasteiger partial charge >= 0.3 is 0 Å². The Bertz CT molecular complexity index is 1500. The number of rotatable bonds is 5. The number of methoxy groups -OCH3 is 1. The van der Waals surface area contributed by atoms with Crippen LogP contribution in [0.5, 0.6) is 0 Å². The topological polar surface area (TPSA) is 128 Å². The van der Waals surface area contributed by atoms with Crippen molar-refractivity contribution in [3.8, 4) is 23.1 Å². The van der Waals surface area contributed by atoms with E-state index in [2.05, 4.69) is 27.1 Å². The van der Waals surface area contributed by atoms with E-state index in [1.165, 1.54) is 7.11 Å². The zero-order valence-corrected chi connectivity index (χ0v) is 20.2. The van der Waals surface area contributed by atoms with E-state index >= 15 is 0 Å². The molecule has 37 heavy (non-hydrogen) atoms. The van der Waals surface area contributed by atoms with Crippen LogP contribution in [-0.4, -0.2) is 56.3 Å². The number of carbonyl (C=O) groups is 2. The lowest BCUT2D eigenvalue weighted by molar-refractivity contribution is -0.126. The molecule has 4 aromatic rings. The SMILES string of the molecule is COCC#CC(=O)N1CCCC1c1nc(-c2ccc(C(=O)Nc3ccccn3)cc2)c2c(N)nccn12. The van der Waals surface area contributed by atoms with Gasteiger partial charge in [0.15, 0.2) is 0 Å². The summed E-state index contributed by atoms with van der Waals surface area (Å²) in [4.78, 5) is 40.5. The first-order chi connectivity index (χ1) is 18.1. The van der Waals surface area contributed by atoms with Crippen molar-refractivity contribution in [1.82, 2.24) is 24.3 Å². The van der Waals surface area contributed by atoms with E-state index in [0.717, 1.165) is 18.4 Å². The maximum atomic E-state index is 12.8. The highest BCUT2D eigenvalue weighted by Gasteiger charge is 2.33. The Morgan fingerprint density at radius 1 is 1.16 bits per heavy atom. The molecule has 0 aliphatic carbocycles. The molecular formula is C27H25N7O3. The maximum Gasteiger partial charge on any atom is 0.299 e. The van der Waals surface area contributed by atoms with Crippen LogP contribution in [0.1, 0.15) is 35.1 Å². The number of nitrogens with zero attached hydrogens (tertiary/aromatic N) is 5. The Hall–Kier alpha value is -4.75. The van der Waals surface area contributed by atoms with E-state index in [-0.39, 0.29) is 24.5 Å². The average molecular weight is 496 g/mol. The number of ether oxygens (including phenoxy) is 1. The number of amides is 2. The molecule has 0 saturated carbocycles. The highest BCUT2D eigenvalue weighted by molar-refractivity contribution is 6.04. The summed E-state index contributed by atoms with van der Waals surface area (Å²) in [6.45, 7) is 0.787. The lowest BCUT2D eigenvalue weighted by atomic mass is 10.1. The van der Waals surface area contributed by atoms with Gasteiger partial charge in [0.2, 0.25) is 0 Å². The smallest absolute Gasteiger partial charge is 0.299 e. The Kier molecular flexibility index (Phi) is 6.78. The van der Waals surface area contributed by atoms with Gasteiger partial charge in [-0.2, -0.15) is 0 Å². The van der Waals surface area contributed by atoms with Crippen LogP contribution < -0.4 is 11.1 Å². The van der Waals surface area contributed by atoms with Crippen molar-refractivity contribution in [2.24, 2.45) is 0 Å². The molecule has 0 spiro atoms.